The summed E-state index contributed by atoms with van der Waals surface area (Å²) in [5.41, 5.74) is 0. The lowest BCUT2D eigenvalue weighted by atomic mass is 10.0. The van der Waals surface area contributed by atoms with Crippen molar-refractivity contribution < 1.29 is 14.7 Å². The van der Waals surface area contributed by atoms with Crippen LogP contribution in [-0.2, 0) is 9.59 Å². The van der Waals surface area contributed by atoms with Crippen LogP contribution in [0.15, 0.2) is 0 Å². The molecule has 0 aliphatic carbocycles. The van der Waals surface area contributed by atoms with Crippen molar-refractivity contribution in [3.63, 3.8) is 0 Å². The lowest BCUT2D eigenvalue weighted by molar-refractivity contribution is -0.142. The highest BCUT2D eigenvalue weighted by molar-refractivity contribution is 5.87. The normalized spacial score (nSPS) is 21.0. The standard InChI is InChI=1S/C14H26N2O3/c1-3-6-13(18)16-10-5-4-7-12(16)14(19)15-9-8-11(2)17/h11-12,17H,3-10H2,1-2H3,(H,15,19). The average molecular weight is 270 g/mol. The van der Waals surface area contributed by atoms with Gasteiger partial charge in [-0.05, 0) is 39.0 Å². The highest BCUT2D eigenvalue weighted by atomic mass is 16.3. The lowest BCUT2D eigenvalue weighted by Crippen LogP contribution is -2.52. The Hall–Kier alpha value is -1.10. The Bertz CT molecular complexity index is 305. The van der Waals surface area contributed by atoms with Crippen LogP contribution in [-0.4, -0.2) is 47.1 Å². The van der Waals surface area contributed by atoms with Gasteiger partial charge in [0, 0.05) is 19.5 Å². The fourth-order valence-electron chi connectivity index (χ4n) is 2.38. The lowest BCUT2D eigenvalue weighted by Gasteiger charge is -2.34. The summed E-state index contributed by atoms with van der Waals surface area (Å²) < 4.78 is 0. The third kappa shape index (κ3) is 5.19. The summed E-state index contributed by atoms with van der Waals surface area (Å²) in [5.74, 6) is 0.00248. The summed E-state index contributed by atoms with van der Waals surface area (Å²) in [7, 11) is 0. The second kappa shape index (κ2) is 8.15. The Balaban J connectivity index is 2.51. The quantitative estimate of drug-likeness (QED) is 0.758. The van der Waals surface area contributed by atoms with E-state index in [1.165, 1.54) is 0 Å². The van der Waals surface area contributed by atoms with Crippen LogP contribution in [0.4, 0.5) is 0 Å². The van der Waals surface area contributed by atoms with Gasteiger partial charge in [0.2, 0.25) is 11.8 Å². The molecule has 0 spiro atoms. The van der Waals surface area contributed by atoms with Crippen LogP contribution in [0.1, 0.15) is 52.4 Å². The molecule has 2 unspecified atom stereocenters. The van der Waals surface area contributed by atoms with Gasteiger partial charge in [0.1, 0.15) is 6.04 Å². The highest BCUT2D eigenvalue weighted by Gasteiger charge is 2.31. The number of amides is 2. The van der Waals surface area contributed by atoms with Crippen LogP contribution in [0.3, 0.4) is 0 Å². The first-order valence-electron chi connectivity index (χ1n) is 7.31. The Morgan fingerprint density at radius 3 is 2.79 bits per heavy atom. The summed E-state index contributed by atoms with van der Waals surface area (Å²) in [6.45, 7) is 4.82. The van der Waals surface area contributed by atoms with Crippen LogP contribution in [0.25, 0.3) is 0 Å². The summed E-state index contributed by atoms with van der Waals surface area (Å²) in [6.07, 6.45) is 4.17. The topological polar surface area (TPSA) is 69.6 Å². The largest absolute Gasteiger partial charge is 0.393 e. The summed E-state index contributed by atoms with van der Waals surface area (Å²) in [5, 5.41) is 12.0. The Kier molecular flexibility index (Phi) is 6.84. The molecule has 110 valence electrons. The molecule has 2 amide bonds. The molecule has 2 atom stereocenters. The molecule has 1 aliphatic rings. The number of hydrogen-bond donors (Lipinski definition) is 2. The van der Waals surface area contributed by atoms with Gasteiger partial charge in [-0.2, -0.15) is 0 Å². The van der Waals surface area contributed by atoms with Crippen molar-refractivity contribution in [2.24, 2.45) is 0 Å². The van der Waals surface area contributed by atoms with E-state index in [2.05, 4.69) is 5.32 Å². The van der Waals surface area contributed by atoms with Crippen LogP contribution in [0.2, 0.25) is 0 Å². The summed E-state index contributed by atoms with van der Waals surface area (Å²) >= 11 is 0. The van der Waals surface area contributed by atoms with E-state index >= 15 is 0 Å². The van der Waals surface area contributed by atoms with E-state index in [1.807, 2.05) is 6.92 Å². The molecule has 1 fully saturated rings. The Morgan fingerprint density at radius 2 is 2.16 bits per heavy atom. The number of likely N-dealkylation sites (tertiary alicyclic amines) is 1. The molecule has 1 rings (SSSR count). The molecule has 1 saturated heterocycles. The van der Waals surface area contributed by atoms with E-state index in [0.29, 0.717) is 25.9 Å². The van der Waals surface area contributed by atoms with Crippen LogP contribution < -0.4 is 5.32 Å². The molecular formula is C14H26N2O3. The molecule has 0 radical (unpaired) electrons. The maximum absolute atomic E-state index is 12.1. The van der Waals surface area contributed by atoms with E-state index in [1.54, 1.807) is 11.8 Å². The number of nitrogens with zero attached hydrogens (tertiary/aromatic N) is 1. The highest BCUT2D eigenvalue weighted by Crippen LogP contribution is 2.18. The van der Waals surface area contributed by atoms with Gasteiger partial charge in [-0.15, -0.1) is 0 Å². The van der Waals surface area contributed by atoms with Gasteiger partial charge >= 0.3 is 0 Å². The third-order valence-corrected chi connectivity index (χ3v) is 3.45. The number of aliphatic hydroxyl groups is 1. The number of aliphatic hydroxyl groups excluding tert-OH is 1. The zero-order valence-corrected chi connectivity index (χ0v) is 12.0. The SMILES string of the molecule is CCCC(=O)N1CCCCC1C(=O)NCCC(C)O. The molecule has 1 heterocycles. The summed E-state index contributed by atoms with van der Waals surface area (Å²) in [4.78, 5) is 25.8. The van der Waals surface area contributed by atoms with E-state index in [-0.39, 0.29) is 17.9 Å². The maximum Gasteiger partial charge on any atom is 0.242 e. The van der Waals surface area contributed by atoms with Crippen LogP contribution >= 0.6 is 0 Å². The first kappa shape index (κ1) is 16.0. The zero-order valence-electron chi connectivity index (χ0n) is 12.0. The number of piperidine rings is 1. The van der Waals surface area contributed by atoms with E-state index in [9.17, 15) is 9.59 Å². The Labute approximate surface area is 115 Å². The zero-order chi connectivity index (χ0) is 14.3. The molecule has 1 aliphatic heterocycles. The first-order chi connectivity index (χ1) is 9.06. The minimum Gasteiger partial charge on any atom is -0.393 e. The molecule has 19 heavy (non-hydrogen) atoms. The van der Waals surface area contributed by atoms with Gasteiger partial charge < -0.3 is 15.3 Å². The average Bonchev–Trinajstić information content (AvgIpc) is 2.38. The van der Waals surface area contributed by atoms with E-state index in [0.717, 1.165) is 25.7 Å². The van der Waals surface area contributed by atoms with Crippen molar-refractivity contribution in [2.75, 3.05) is 13.1 Å². The predicted molar refractivity (Wildman–Crippen MR) is 73.6 cm³/mol. The molecule has 0 saturated carbocycles. The van der Waals surface area contributed by atoms with Crippen molar-refractivity contribution in [1.82, 2.24) is 10.2 Å². The second-order valence-corrected chi connectivity index (χ2v) is 5.28. The van der Waals surface area contributed by atoms with Crippen LogP contribution in [0.5, 0.6) is 0 Å². The molecule has 2 N–H and O–H groups in total. The summed E-state index contributed by atoms with van der Waals surface area (Å²) in [6, 6.07) is -0.318. The molecule has 5 heteroatoms. The van der Waals surface area contributed by atoms with Gasteiger partial charge in [0.15, 0.2) is 0 Å². The molecule has 0 aromatic rings. The van der Waals surface area contributed by atoms with Crippen molar-refractivity contribution in [3.05, 3.63) is 0 Å². The fraction of sp³-hybridized carbons (Fsp3) is 0.857. The van der Waals surface area contributed by atoms with Crippen molar-refractivity contribution in [3.8, 4) is 0 Å². The Morgan fingerprint density at radius 1 is 1.42 bits per heavy atom. The molecule has 5 nitrogen and oxygen atoms in total. The minimum absolute atomic E-state index is 0.0789. The van der Waals surface area contributed by atoms with Crippen molar-refractivity contribution in [2.45, 2.75) is 64.5 Å². The monoisotopic (exact) mass is 270 g/mol. The molecule has 0 aromatic heterocycles. The third-order valence-electron chi connectivity index (χ3n) is 3.45. The number of nitrogens with one attached hydrogen (secondary N) is 1. The maximum atomic E-state index is 12.1. The number of rotatable bonds is 6. The molecule has 0 bridgehead atoms. The van der Waals surface area contributed by atoms with Crippen molar-refractivity contribution in [1.29, 1.82) is 0 Å². The van der Waals surface area contributed by atoms with Gasteiger partial charge in [0.25, 0.3) is 0 Å². The number of hydrogen-bond acceptors (Lipinski definition) is 3. The molecule has 0 aromatic carbocycles. The van der Waals surface area contributed by atoms with Gasteiger partial charge in [-0.1, -0.05) is 6.92 Å². The fourth-order valence-corrected chi connectivity index (χ4v) is 2.38. The number of carbonyl (C=O) groups excluding carboxylic acids is 2. The molecular weight excluding hydrogens is 244 g/mol. The van der Waals surface area contributed by atoms with E-state index in [4.69, 9.17) is 5.11 Å². The second-order valence-electron chi connectivity index (χ2n) is 5.28. The first-order valence-corrected chi connectivity index (χ1v) is 7.31. The van der Waals surface area contributed by atoms with Crippen molar-refractivity contribution >= 4 is 11.8 Å². The smallest absolute Gasteiger partial charge is 0.242 e. The van der Waals surface area contributed by atoms with Crippen LogP contribution in [0, 0.1) is 0 Å². The minimum atomic E-state index is -0.413. The van der Waals surface area contributed by atoms with Gasteiger partial charge in [0.05, 0.1) is 6.10 Å². The van der Waals surface area contributed by atoms with Gasteiger partial charge in [-0.3, -0.25) is 9.59 Å². The predicted octanol–water partition coefficient (Wildman–Crippen LogP) is 1.05. The van der Waals surface area contributed by atoms with E-state index < -0.39 is 6.10 Å². The number of carbonyl (C=O) groups is 2. The van der Waals surface area contributed by atoms with Gasteiger partial charge in [-0.25, -0.2) is 0 Å².